The number of hydrogen-bond donors (Lipinski definition) is 4. The molecule has 0 aromatic rings. The van der Waals surface area contributed by atoms with E-state index in [2.05, 4.69) is 4.72 Å². The number of rotatable bonds is 9. The summed E-state index contributed by atoms with van der Waals surface area (Å²) < 4.78 is 30.5. The SMILES string of the molecule is CCOC(C)C(O)[C@](O)(CO)CNS(=O)(=O)C(C)C. The summed E-state index contributed by atoms with van der Waals surface area (Å²) in [5, 5.41) is 28.6. The number of sulfonamides is 1. The van der Waals surface area contributed by atoms with Crippen LogP contribution in [0.1, 0.15) is 27.7 Å². The van der Waals surface area contributed by atoms with Crippen molar-refractivity contribution in [2.75, 3.05) is 19.8 Å². The van der Waals surface area contributed by atoms with Crippen LogP contribution in [-0.2, 0) is 14.8 Å². The van der Waals surface area contributed by atoms with Crippen molar-refractivity contribution in [1.29, 1.82) is 0 Å². The Morgan fingerprint density at radius 2 is 1.84 bits per heavy atom. The van der Waals surface area contributed by atoms with E-state index >= 15 is 0 Å². The highest BCUT2D eigenvalue weighted by atomic mass is 32.2. The van der Waals surface area contributed by atoms with Gasteiger partial charge in [-0.3, -0.25) is 0 Å². The van der Waals surface area contributed by atoms with Gasteiger partial charge in [0.2, 0.25) is 10.0 Å². The zero-order chi connectivity index (χ0) is 15.3. The van der Waals surface area contributed by atoms with Gasteiger partial charge in [-0.25, -0.2) is 13.1 Å². The lowest BCUT2D eigenvalue weighted by molar-refractivity contribution is -0.150. The minimum Gasteiger partial charge on any atom is -0.393 e. The molecule has 7 nitrogen and oxygen atoms in total. The second kappa shape index (κ2) is 7.51. The highest BCUT2D eigenvalue weighted by Gasteiger charge is 2.40. The summed E-state index contributed by atoms with van der Waals surface area (Å²) in [6.45, 7) is 5.29. The number of ether oxygens (including phenoxy) is 1. The van der Waals surface area contributed by atoms with Crippen molar-refractivity contribution in [3.05, 3.63) is 0 Å². The zero-order valence-electron chi connectivity index (χ0n) is 11.8. The molecule has 0 saturated carbocycles. The lowest BCUT2D eigenvalue weighted by atomic mass is 9.94. The molecule has 0 bridgehead atoms. The maximum atomic E-state index is 11.6. The van der Waals surface area contributed by atoms with Crippen LogP contribution in [0, 0.1) is 0 Å². The Hall–Kier alpha value is -0.250. The van der Waals surface area contributed by atoms with Crippen LogP contribution in [-0.4, -0.2) is 66.6 Å². The molecular formula is C11H25NO6S. The third-order valence-electron chi connectivity index (χ3n) is 2.90. The topological polar surface area (TPSA) is 116 Å². The molecule has 2 unspecified atom stereocenters. The predicted molar refractivity (Wildman–Crippen MR) is 71.2 cm³/mol. The van der Waals surface area contributed by atoms with Crippen molar-refractivity contribution in [2.24, 2.45) is 0 Å². The molecule has 0 aliphatic carbocycles. The number of nitrogens with one attached hydrogen (secondary N) is 1. The van der Waals surface area contributed by atoms with Gasteiger partial charge in [0.15, 0.2) is 0 Å². The van der Waals surface area contributed by atoms with Crippen molar-refractivity contribution in [3.8, 4) is 0 Å². The lowest BCUT2D eigenvalue weighted by Crippen LogP contribution is -2.58. The molecule has 0 rings (SSSR count). The van der Waals surface area contributed by atoms with Crippen LogP contribution < -0.4 is 4.72 Å². The van der Waals surface area contributed by atoms with E-state index < -0.39 is 46.2 Å². The molecule has 4 N–H and O–H groups in total. The molecule has 8 heteroatoms. The fraction of sp³-hybridized carbons (Fsp3) is 1.00. The Labute approximate surface area is 114 Å². The van der Waals surface area contributed by atoms with Crippen molar-refractivity contribution in [2.45, 2.75) is 50.8 Å². The van der Waals surface area contributed by atoms with Crippen molar-refractivity contribution in [3.63, 3.8) is 0 Å². The Bertz CT molecular complexity index is 358. The van der Waals surface area contributed by atoms with E-state index in [1.165, 1.54) is 20.8 Å². The maximum Gasteiger partial charge on any atom is 0.214 e. The summed E-state index contributed by atoms with van der Waals surface area (Å²) in [4.78, 5) is 0. The van der Waals surface area contributed by atoms with E-state index in [0.29, 0.717) is 6.61 Å². The fourth-order valence-corrected chi connectivity index (χ4v) is 2.22. The summed E-state index contributed by atoms with van der Waals surface area (Å²) in [5.41, 5.74) is -1.99. The monoisotopic (exact) mass is 299 g/mol. The van der Waals surface area contributed by atoms with Gasteiger partial charge in [0, 0.05) is 13.2 Å². The Kier molecular flexibility index (Phi) is 7.41. The summed E-state index contributed by atoms with van der Waals surface area (Å²) in [6.07, 6.45) is -2.14. The van der Waals surface area contributed by atoms with Crippen molar-refractivity contribution in [1.82, 2.24) is 4.72 Å². The summed E-state index contributed by atoms with van der Waals surface area (Å²) in [7, 11) is -3.59. The van der Waals surface area contributed by atoms with Crippen LogP contribution in [0.3, 0.4) is 0 Å². The molecule has 0 spiro atoms. The standard InChI is InChI=1S/C11H25NO6S/c1-5-18-9(4)10(14)11(15,7-13)6-12-19(16,17)8(2)3/h8-10,12-15H,5-7H2,1-4H3/t9?,10?,11-/m1/s1. The van der Waals surface area contributed by atoms with Crippen molar-refractivity contribution >= 4 is 10.0 Å². The number of aliphatic hydroxyl groups is 3. The van der Waals surface area contributed by atoms with E-state index in [0.717, 1.165) is 0 Å². The molecule has 3 atom stereocenters. The molecule has 19 heavy (non-hydrogen) atoms. The summed E-state index contributed by atoms with van der Waals surface area (Å²) in [6, 6.07) is 0. The zero-order valence-corrected chi connectivity index (χ0v) is 12.6. The lowest BCUT2D eigenvalue weighted by Gasteiger charge is -2.34. The first-order valence-corrected chi connectivity index (χ1v) is 7.76. The van der Waals surface area contributed by atoms with Gasteiger partial charge in [0.25, 0.3) is 0 Å². The first-order chi connectivity index (χ1) is 8.60. The molecule has 0 saturated heterocycles. The number of hydrogen-bond acceptors (Lipinski definition) is 6. The molecule has 0 aromatic carbocycles. The minimum absolute atomic E-state index is 0.331. The molecule has 0 aromatic heterocycles. The van der Waals surface area contributed by atoms with E-state index in [9.17, 15) is 23.7 Å². The highest BCUT2D eigenvalue weighted by molar-refractivity contribution is 7.90. The molecule has 116 valence electrons. The quantitative estimate of drug-likeness (QED) is 0.426. The third kappa shape index (κ3) is 5.33. The van der Waals surface area contributed by atoms with Gasteiger partial charge in [-0.05, 0) is 27.7 Å². The molecule has 0 aliphatic heterocycles. The average Bonchev–Trinajstić information content (AvgIpc) is 2.35. The second-order valence-corrected chi connectivity index (χ2v) is 7.10. The van der Waals surface area contributed by atoms with Gasteiger partial charge in [-0.15, -0.1) is 0 Å². The van der Waals surface area contributed by atoms with Gasteiger partial charge < -0.3 is 20.1 Å². The molecule has 0 fully saturated rings. The maximum absolute atomic E-state index is 11.6. The molecule has 0 amide bonds. The van der Waals surface area contributed by atoms with Crippen LogP contribution in [0.15, 0.2) is 0 Å². The first kappa shape index (κ1) is 18.8. The van der Waals surface area contributed by atoms with E-state index in [-0.39, 0.29) is 0 Å². The molecule has 0 radical (unpaired) electrons. The highest BCUT2D eigenvalue weighted by Crippen LogP contribution is 2.16. The van der Waals surface area contributed by atoms with E-state index in [4.69, 9.17) is 4.74 Å². The minimum atomic E-state index is -3.59. The fourth-order valence-electron chi connectivity index (χ4n) is 1.44. The van der Waals surface area contributed by atoms with Gasteiger partial charge in [-0.1, -0.05) is 0 Å². The Morgan fingerprint density at radius 3 is 2.21 bits per heavy atom. The van der Waals surface area contributed by atoms with Crippen LogP contribution in [0.2, 0.25) is 0 Å². The van der Waals surface area contributed by atoms with E-state index in [1.807, 2.05) is 0 Å². The second-order valence-electron chi connectivity index (χ2n) is 4.78. The van der Waals surface area contributed by atoms with E-state index in [1.54, 1.807) is 6.92 Å². The van der Waals surface area contributed by atoms with Crippen LogP contribution in [0.4, 0.5) is 0 Å². The van der Waals surface area contributed by atoms with Gasteiger partial charge in [-0.2, -0.15) is 0 Å². The van der Waals surface area contributed by atoms with Gasteiger partial charge in [0.1, 0.15) is 11.7 Å². The Morgan fingerprint density at radius 1 is 1.32 bits per heavy atom. The van der Waals surface area contributed by atoms with Crippen LogP contribution in [0.25, 0.3) is 0 Å². The van der Waals surface area contributed by atoms with Crippen LogP contribution in [0.5, 0.6) is 0 Å². The smallest absolute Gasteiger partial charge is 0.214 e. The van der Waals surface area contributed by atoms with Gasteiger partial charge in [0.05, 0.1) is 18.0 Å². The average molecular weight is 299 g/mol. The molecular weight excluding hydrogens is 274 g/mol. The number of aliphatic hydroxyl groups excluding tert-OH is 2. The van der Waals surface area contributed by atoms with Crippen LogP contribution >= 0.6 is 0 Å². The molecule has 0 heterocycles. The first-order valence-electron chi connectivity index (χ1n) is 6.22. The predicted octanol–water partition coefficient (Wildman–Crippen LogP) is -1.18. The summed E-state index contributed by atoms with van der Waals surface area (Å²) >= 11 is 0. The Balaban J connectivity index is 4.79. The third-order valence-corrected chi connectivity index (χ3v) is 4.69. The van der Waals surface area contributed by atoms with Gasteiger partial charge >= 0.3 is 0 Å². The summed E-state index contributed by atoms with van der Waals surface area (Å²) in [5.74, 6) is 0. The molecule has 0 aliphatic rings. The largest absolute Gasteiger partial charge is 0.393 e. The van der Waals surface area contributed by atoms with Crippen molar-refractivity contribution < 1.29 is 28.5 Å². The normalized spacial score (nSPS) is 19.2.